The molecule has 1 fully saturated rings. The maximum atomic E-state index is 11.6. The van der Waals surface area contributed by atoms with E-state index in [1.807, 2.05) is 0 Å². The summed E-state index contributed by atoms with van der Waals surface area (Å²) in [4.78, 5) is 11.6. The Labute approximate surface area is 298 Å². The summed E-state index contributed by atoms with van der Waals surface area (Å²) in [5.41, 5.74) is 0. The van der Waals surface area contributed by atoms with Gasteiger partial charge in [0.05, 0.1) is 19.8 Å². The summed E-state index contributed by atoms with van der Waals surface area (Å²) in [6.07, 6.45) is 30.4. The molecule has 1 aliphatic heterocycles. The normalized spacial score (nSPS) is 22.9. The highest BCUT2D eigenvalue weighted by Gasteiger charge is 2.48. The Morgan fingerprint density at radius 3 is 1.72 bits per heavy atom. The molecule has 4 N–H and O–H groups in total. The van der Waals surface area contributed by atoms with Gasteiger partial charge in [0.2, 0.25) is 0 Å². The first-order chi connectivity index (χ1) is 24.1. The lowest BCUT2D eigenvalue weighted by Crippen LogP contribution is -2.60. The summed E-state index contributed by atoms with van der Waals surface area (Å²) in [6.45, 7) is 2.67. The number of carbonyl (C=O) groups excluding carboxylic acids is 1. The van der Waals surface area contributed by atoms with Crippen LogP contribution in [0.15, 0.2) is 85.1 Å². The predicted octanol–water partition coefficient (Wildman–Crippen LogP) is 5.39. The monoisotopic (exact) mass is 726 g/mol. The van der Waals surface area contributed by atoms with Crippen molar-refractivity contribution in [2.24, 2.45) is 0 Å². The van der Waals surface area contributed by atoms with Crippen LogP contribution in [0.3, 0.4) is 0 Å². The quantitative estimate of drug-likeness (QED) is 0.0368. The molecule has 6 atom stereocenters. The molecule has 1 aliphatic rings. The highest BCUT2D eigenvalue weighted by Crippen LogP contribution is 2.25. The smallest absolute Gasteiger partial charge is 0.397 e. The van der Waals surface area contributed by atoms with Gasteiger partial charge in [0, 0.05) is 13.5 Å². The van der Waals surface area contributed by atoms with Gasteiger partial charge in [-0.15, -0.1) is 0 Å². The van der Waals surface area contributed by atoms with Crippen molar-refractivity contribution >= 4 is 16.4 Å². The lowest BCUT2D eigenvalue weighted by molar-refractivity contribution is -0.301. The lowest BCUT2D eigenvalue weighted by atomic mass is 9.99. The molecule has 1 heterocycles. The van der Waals surface area contributed by atoms with E-state index in [0.717, 1.165) is 64.2 Å². The average Bonchev–Trinajstić information content (AvgIpc) is 3.07. The standard InChI is InChI=1S/C37H58O12S/c1-3-4-5-6-7-8-9-10-11-12-13-14-15-16-17-18-19-20-21-22-23-24-25-26-27-45-29-32(47-31(2)39)30-46-37-35(41)36(49-50(42,43)44)34(40)33(28-38)48-37/h4-5,7-8,10-11,13-14,16-17,19-20,22-23,32-38,40-41H,3,6,9,12,15,18,21,24-30H2,1-2H3,(H,42,43,44)/b5-4-,8-7-,11-10-,14-13-,17-16-,20-19-,23-22-. The van der Waals surface area contributed by atoms with Gasteiger partial charge in [0.1, 0.15) is 30.5 Å². The van der Waals surface area contributed by atoms with Gasteiger partial charge in [-0.05, 0) is 64.2 Å². The van der Waals surface area contributed by atoms with Crippen molar-refractivity contribution in [3.8, 4) is 0 Å². The molecule has 0 saturated carbocycles. The molecular weight excluding hydrogens is 668 g/mol. The number of aliphatic hydroxyl groups is 3. The zero-order chi connectivity index (χ0) is 36.9. The van der Waals surface area contributed by atoms with Gasteiger partial charge < -0.3 is 34.3 Å². The number of aliphatic hydroxyl groups excluding tert-OH is 3. The van der Waals surface area contributed by atoms with Crippen LogP contribution in [0.2, 0.25) is 0 Å². The van der Waals surface area contributed by atoms with E-state index in [4.69, 9.17) is 23.5 Å². The minimum atomic E-state index is -5.05. The third-order valence-electron chi connectivity index (χ3n) is 7.08. The van der Waals surface area contributed by atoms with Crippen molar-refractivity contribution in [2.75, 3.05) is 26.4 Å². The molecule has 0 aromatic carbocycles. The first-order valence-corrected chi connectivity index (χ1v) is 18.6. The van der Waals surface area contributed by atoms with Crippen LogP contribution in [0.25, 0.3) is 0 Å². The Balaban J connectivity index is 2.20. The Morgan fingerprint density at radius 2 is 1.26 bits per heavy atom. The number of rotatable bonds is 27. The summed E-state index contributed by atoms with van der Waals surface area (Å²) < 4.78 is 57.2. The highest BCUT2D eigenvalue weighted by atomic mass is 32.3. The topological polar surface area (TPSA) is 178 Å². The molecular formula is C37H58O12S. The molecule has 50 heavy (non-hydrogen) atoms. The fourth-order valence-electron chi connectivity index (χ4n) is 4.59. The van der Waals surface area contributed by atoms with E-state index >= 15 is 0 Å². The van der Waals surface area contributed by atoms with E-state index in [-0.39, 0.29) is 13.2 Å². The van der Waals surface area contributed by atoms with Gasteiger partial charge in [-0.2, -0.15) is 8.42 Å². The van der Waals surface area contributed by atoms with Crippen molar-refractivity contribution in [3.05, 3.63) is 85.1 Å². The van der Waals surface area contributed by atoms with Gasteiger partial charge in [0.25, 0.3) is 0 Å². The van der Waals surface area contributed by atoms with E-state index in [0.29, 0.717) is 6.61 Å². The van der Waals surface area contributed by atoms with Crippen LogP contribution in [0.5, 0.6) is 0 Å². The number of ether oxygens (including phenoxy) is 4. The fourth-order valence-corrected chi connectivity index (χ4v) is 5.10. The van der Waals surface area contributed by atoms with Gasteiger partial charge in [-0.1, -0.05) is 92.0 Å². The number of hydrogen-bond acceptors (Lipinski definition) is 11. The van der Waals surface area contributed by atoms with Gasteiger partial charge in [-0.3, -0.25) is 9.35 Å². The lowest BCUT2D eigenvalue weighted by Gasteiger charge is -2.41. The minimum absolute atomic E-state index is 0.0160. The van der Waals surface area contributed by atoms with Crippen molar-refractivity contribution in [3.63, 3.8) is 0 Å². The van der Waals surface area contributed by atoms with Crippen LogP contribution in [0, 0.1) is 0 Å². The third-order valence-corrected chi connectivity index (χ3v) is 7.55. The molecule has 0 radical (unpaired) electrons. The zero-order valence-electron chi connectivity index (χ0n) is 29.4. The Kier molecular flexibility index (Phi) is 26.2. The van der Waals surface area contributed by atoms with Gasteiger partial charge in [-0.25, -0.2) is 4.18 Å². The van der Waals surface area contributed by atoms with Crippen LogP contribution in [-0.4, -0.2) is 97.5 Å². The molecule has 0 aromatic heterocycles. The maximum Gasteiger partial charge on any atom is 0.397 e. The van der Waals surface area contributed by atoms with E-state index in [2.05, 4.69) is 96.2 Å². The van der Waals surface area contributed by atoms with E-state index in [1.165, 1.54) is 6.92 Å². The molecule has 0 aromatic rings. The number of unbranched alkanes of at least 4 members (excludes halogenated alkanes) is 2. The first kappa shape index (κ1) is 45.3. The number of allylic oxidation sites excluding steroid dienone is 14. The average molecular weight is 727 g/mol. The van der Waals surface area contributed by atoms with E-state index < -0.39 is 59.8 Å². The van der Waals surface area contributed by atoms with Crippen LogP contribution >= 0.6 is 0 Å². The molecule has 12 nitrogen and oxygen atoms in total. The SMILES string of the molecule is CC/C=C\C/C=C\C/C=C\C/C=C\C/C=C\C/C=C\C/C=C\CCCCOCC(COC1OC(CO)C(O)C(OS(=O)(=O)O)C1O)OC(C)=O. The van der Waals surface area contributed by atoms with Crippen molar-refractivity contribution < 1.29 is 56.2 Å². The molecule has 13 heteroatoms. The maximum absolute atomic E-state index is 11.6. The summed E-state index contributed by atoms with van der Waals surface area (Å²) in [5.74, 6) is -0.597. The Morgan fingerprint density at radius 1 is 0.760 bits per heavy atom. The molecule has 1 rings (SSSR count). The second-order valence-electron chi connectivity index (χ2n) is 11.5. The Hall–Kier alpha value is -2.72. The van der Waals surface area contributed by atoms with Crippen molar-refractivity contribution in [1.82, 2.24) is 0 Å². The molecule has 284 valence electrons. The van der Waals surface area contributed by atoms with Crippen LogP contribution in [-0.2, 0) is 38.3 Å². The summed E-state index contributed by atoms with van der Waals surface area (Å²) in [5, 5.41) is 30.0. The molecule has 0 bridgehead atoms. The number of esters is 1. The second kappa shape index (κ2) is 28.9. The molecule has 1 saturated heterocycles. The molecule has 6 unspecified atom stereocenters. The minimum Gasteiger partial charge on any atom is -0.458 e. The Bertz CT molecular complexity index is 1200. The molecule has 0 spiro atoms. The van der Waals surface area contributed by atoms with Gasteiger partial charge in [0.15, 0.2) is 6.29 Å². The largest absolute Gasteiger partial charge is 0.458 e. The summed E-state index contributed by atoms with van der Waals surface area (Å²) in [6, 6.07) is 0. The van der Waals surface area contributed by atoms with Crippen LogP contribution in [0.1, 0.15) is 78.1 Å². The summed E-state index contributed by atoms with van der Waals surface area (Å²) >= 11 is 0. The predicted molar refractivity (Wildman–Crippen MR) is 192 cm³/mol. The fraction of sp³-hybridized carbons (Fsp3) is 0.595. The number of carbonyl (C=O) groups is 1. The zero-order valence-corrected chi connectivity index (χ0v) is 30.2. The van der Waals surface area contributed by atoms with Gasteiger partial charge >= 0.3 is 16.4 Å². The third kappa shape index (κ3) is 23.6. The highest BCUT2D eigenvalue weighted by molar-refractivity contribution is 7.80. The van der Waals surface area contributed by atoms with Crippen LogP contribution < -0.4 is 0 Å². The second-order valence-corrected chi connectivity index (χ2v) is 12.5. The molecule has 0 amide bonds. The van der Waals surface area contributed by atoms with Crippen LogP contribution in [0.4, 0.5) is 0 Å². The van der Waals surface area contributed by atoms with Crippen molar-refractivity contribution in [1.29, 1.82) is 0 Å². The van der Waals surface area contributed by atoms with E-state index in [9.17, 15) is 28.5 Å². The number of hydrogen-bond donors (Lipinski definition) is 4. The van der Waals surface area contributed by atoms with E-state index in [1.54, 1.807) is 0 Å². The first-order valence-electron chi connectivity index (χ1n) is 17.3. The molecule has 0 aliphatic carbocycles. The summed E-state index contributed by atoms with van der Waals surface area (Å²) in [7, 11) is -5.05. The van der Waals surface area contributed by atoms with Crippen molar-refractivity contribution in [2.45, 2.75) is 115 Å².